The summed E-state index contributed by atoms with van der Waals surface area (Å²) in [5, 5.41) is 9.34. The van der Waals surface area contributed by atoms with Crippen molar-refractivity contribution < 1.29 is 9.90 Å². The van der Waals surface area contributed by atoms with Crippen LogP contribution < -0.4 is 0 Å². The van der Waals surface area contributed by atoms with Crippen LogP contribution in [0, 0.1) is 0 Å². The van der Waals surface area contributed by atoms with E-state index in [1.54, 1.807) is 0 Å². The quantitative estimate of drug-likeness (QED) is 0.739. The summed E-state index contributed by atoms with van der Waals surface area (Å²) in [5.41, 5.74) is 0. The van der Waals surface area contributed by atoms with Gasteiger partial charge in [-0.3, -0.25) is 9.69 Å². The van der Waals surface area contributed by atoms with E-state index in [1.165, 1.54) is 0 Å². The number of rotatable bonds is 4. The molecule has 14 heavy (non-hydrogen) atoms. The number of ketones is 1. The van der Waals surface area contributed by atoms with Crippen LogP contribution in [0.1, 0.15) is 39.5 Å². The highest BCUT2D eigenvalue weighted by Gasteiger charge is 2.24. The molecule has 82 valence electrons. The van der Waals surface area contributed by atoms with Crippen molar-refractivity contribution in [3.63, 3.8) is 0 Å². The SMILES string of the molecule is CCCC(=O)[C@@H](C)N1CCC(O)CC1. The Bertz CT molecular complexity index is 186. The lowest BCUT2D eigenvalue weighted by Gasteiger charge is -2.33. The summed E-state index contributed by atoms with van der Waals surface area (Å²) in [6.07, 6.45) is 3.08. The number of piperidine rings is 1. The summed E-state index contributed by atoms with van der Waals surface area (Å²) in [4.78, 5) is 13.8. The second-order valence-corrected chi connectivity index (χ2v) is 4.16. The lowest BCUT2D eigenvalue weighted by molar-refractivity contribution is -0.124. The average Bonchev–Trinajstić information content (AvgIpc) is 2.18. The van der Waals surface area contributed by atoms with Crippen molar-refractivity contribution in [3.8, 4) is 0 Å². The average molecular weight is 199 g/mol. The van der Waals surface area contributed by atoms with E-state index in [0.29, 0.717) is 12.2 Å². The fourth-order valence-electron chi connectivity index (χ4n) is 1.93. The Hall–Kier alpha value is -0.410. The van der Waals surface area contributed by atoms with Crippen LogP contribution in [0.3, 0.4) is 0 Å². The fraction of sp³-hybridized carbons (Fsp3) is 0.909. The lowest BCUT2D eigenvalue weighted by Crippen LogP contribution is -2.45. The first-order chi connectivity index (χ1) is 6.65. The van der Waals surface area contributed by atoms with Gasteiger partial charge in [-0.1, -0.05) is 6.92 Å². The number of nitrogens with zero attached hydrogens (tertiary/aromatic N) is 1. The maximum atomic E-state index is 11.6. The zero-order valence-electron chi connectivity index (χ0n) is 9.20. The van der Waals surface area contributed by atoms with E-state index >= 15 is 0 Å². The van der Waals surface area contributed by atoms with E-state index < -0.39 is 0 Å². The highest BCUT2D eigenvalue weighted by molar-refractivity contribution is 5.83. The van der Waals surface area contributed by atoms with E-state index in [9.17, 15) is 9.90 Å². The number of Topliss-reactive ketones (excluding diaryl/α,β-unsaturated/α-hetero) is 1. The van der Waals surface area contributed by atoms with Gasteiger partial charge in [0.2, 0.25) is 0 Å². The molecule has 3 heteroatoms. The molecule has 1 heterocycles. The first-order valence-electron chi connectivity index (χ1n) is 5.60. The smallest absolute Gasteiger partial charge is 0.149 e. The van der Waals surface area contributed by atoms with Gasteiger partial charge < -0.3 is 5.11 Å². The topological polar surface area (TPSA) is 40.5 Å². The lowest BCUT2D eigenvalue weighted by atomic mass is 10.0. The highest BCUT2D eigenvalue weighted by atomic mass is 16.3. The molecule has 0 radical (unpaired) electrons. The Morgan fingerprint density at radius 1 is 1.50 bits per heavy atom. The maximum absolute atomic E-state index is 11.6. The molecule has 0 saturated carbocycles. The molecule has 0 amide bonds. The summed E-state index contributed by atoms with van der Waals surface area (Å²) in [5.74, 6) is 0.337. The van der Waals surface area contributed by atoms with Gasteiger partial charge in [-0.25, -0.2) is 0 Å². The predicted molar refractivity (Wildman–Crippen MR) is 56.2 cm³/mol. The van der Waals surface area contributed by atoms with Crippen molar-refractivity contribution in [2.45, 2.75) is 51.7 Å². The number of aliphatic hydroxyl groups excluding tert-OH is 1. The summed E-state index contributed by atoms with van der Waals surface area (Å²) in [6.45, 7) is 5.73. The Labute approximate surface area is 86.1 Å². The van der Waals surface area contributed by atoms with Crippen molar-refractivity contribution in [1.82, 2.24) is 4.90 Å². The Morgan fingerprint density at radius 3 is 2.57 bits per heavy atom. The van der Waals surface area contributed by atoms with Crippen LogP contribution >= 0.6 is 0 Å². The van der Waals surface area contributed by atoms with Gasteiger partial charge in [0.1, 0.15) is 5.78 Å². The van der Waals surface area contributed by atoms with E-state index in [2.05, 4.69) is 4.90 Å². The molecule has 0 unspecified atom stereocenters. The number of aliphatic hydroxyl groups is 1. The molecular weight excluding hydrogens is 178 g/mol. The summed E-state index contributed by atoms with van der Waals surface area (Å²) in [7, 11) is 0. The second kappa shape index (κ2) is 5.47. The van der Waals surface area contributed by atoms with E-state index in [4.69, 9.17) is 0 Å². The normalized spacial score (nSPS) is 22.2. The van der Waals surface area contributed by atoms with Gasteiger partial charge in [0.15, 0.2) is 0 Å². The third-order valence-electron chi connectivity index (χ3n) is 3.01. The molecule has 1 rings (SSSR count). The predicted octanol–water partition coefficient (Wildman–Crippen LogP) is 1.20. The van der Waals surface area contributed by atoms with Crippen LogP contribution in [-0.2, 0) is 4.79 Å². The largest absolute Gasteiger partial charge is 0.393 e. The van der Waals surface area contributed by atoms with E-state index in [1.807, 2.05) is 13.8 Å². The summed E-state index contributed by atoms with van der Waals surface area (Å²) >= 11 is 0. The number of likely N-dealkylation sites (tertiary alicyclic amines) is 1. The third-order valence-corrected chi connectivity index (χ3v) is 3.01. The van der Waals surface area contributed by atoms with Crippen LogP contribution in [0.5, 0.6) is 0 Å². The molecule has 3 nitrogen and oxygen atoms in total. The molecule has 1 aliphatic heterocycles. The molecule has 0 aromatic rings. The number of hydrogen-bond donors (Lipinski definition) is 1. The second-order valence-electron chi connectivity index (χ2n) is 4.16. The zero-order chi connectivity index (χ0) is 10.6. The minimum atomic E-state index is -0.153. The summed E-state index contributed by atoms with van der Waals surface area (Å²) < 4.78 is 0. The van der Waals surface area contributed by atoms with Crippen molar-refractivity contribution in [2.24, 2.45) is 0 Å². The van der Waals surface area contributed by atoms with Crippen molar-refractivity contribution in [3.05, 3.63) is 0 Å². The molecular formula is C11H21NO2. The first kappa shape index (κ1) is 11.7. The van der Waals surface area contributed by atoms with Gasteiger partial charge in [-0.2, -0.15) is 0 Å². The fourth-order valence-corrected chi connectivity index (χ4v) is 1.93. The van der Waals surface area contributed by atoms with Gasteiger partial charge in [0, 0.05) is 19.5 Å². The standard InChI is InChI=1S/C11H21NO2/c1-3-4-11(14)9(2)12-7-5-10(13)6-8-12/h9-10,13H,3-8H2,1-2H3/t9-/m1/s1. The van der Waals surface area contributed by atoms with Gasteiger partial charge in [0.25, 0.3) is 0 Å². The number of hydrogen-bond acceptors (Lipinski definition) is 3. The van der Waals surface area contributed by atoms with Crippen molar-refractivity contribution >= 4 is 5.78 Å². The third kappa shape index (κ3) is 3.07. The molecule has 1 aliphatic rings. The van der Waals surface area contributed by atoms with Crippen LogP contribution in [0.25, 0.3) is 0 Å². The van der Waals surface area contributed by atoms with Crippen molar-refractivity contribution in [2.75, 3.05) is 13.1 Å². The van der Waals surface area contributed by atoms with E-state index in [0.717, 1.165) is 32.4 Å². The monoisotopic (exact) mass is 199 g/mol. The van der Waals surface area contributed by atoms with Crippen LogP contribution in [0.2, 0.25) is 0 Å². The molecule has 0 aromatic carbocycles. The van der Waals surface area contributed by atoms with Crippen LogP contribution in [0.4, 0.5) is 0 Å². The van der Waals surface area contributed by atoms with Gasteiger partial charge >= 0.3 is 0 Å². The van der Waals surface area contributed by atoms with Gasteiger partial charge in [0.05, 0.1) is 12.1 Å². The molecule has 1 N–H and O–H groups in total. The molecule has 1 atom stereocenters. The molecule has 0 aromatic heterocycles. The Kier molecular flexibility index (Phi) is 4.55. The first-order valence-corrected chi connectivity index (χ1v) is 5.60. The van der Waals surface area contributed by atoms with Crippen LogP contribution in [0.15, 0.2) is 0 Å². The maximum Gasteiger partial charge on any atom is 0.149 e. The number of carbonyl (C=O) groups is 1. The molecule has 0 spiro atoms. The van der Waals surface area contributed by atoms with E-state index in [-0.39, 0.29) is 12.1 Å². The van der Waals surface area contributed by atoms with Gasteiger partial charge in [-0.05, 0) is 26.2 Å². The van der Waals surface area contributed by atoms with Crippen LogP contribution in [-0.4, -0.2) is 41.0 Å². The molecule has 0 bridgehead atoms. The summed E-state index contributed by atoms with van der Waals surface area (Å²) in [6, 6.07) is 0.0439. The molecule has 1 fully saturated rings. The van der Waals surface area contributed by atoms with Crippen molar-refractivity contribution in [1.29, 1.82) is 0 Å². The molecule has 0 aliphatic carbocycles. The zero-order valence-corrected chi connectivity index (χ0v) is 9.20. The Balaban J connectivity index is 2.37. The minimum absolute atomic E-state index is 0.0439. The Morgan fingerprint density at radius 2 is 2.07 bits per heavy atom. The number of carbonyl (C=O) groups excluding carboxylic acids is 1. The van der Waals surface area contributed by atoms with Gasteiger partial charge in [-0.15, -0.1) is 0 Å². The minimum Gasteiger partial charge on any atom is -0.393 e. The highest BCUT2D eigenvalue weighted by Crippen LogP contribution is 2.14. The molecule has 1 saturated heterocycles.